The zero-order valence-corrected chi connectivity index (χ0v) is 12.3. The Labute approximate surface area is 123 Å². The summed E-state index contributed by atoms with van der Waals surface area (Å²) in [5.74, 6) is 2.92. The lowest BCUT2D eigenvalue weighted by Crippen LogP contribution is -2.33. The first-order chi connectivity index (χ1) is 10.3. The lowest BCUT2D eigenvalue weighted by atomic mass is 9.99. The van der Waals surface area contributed by atoms with E-state index in [2.05, 4.69) is 20.3 Å². The van der Waals surface area contributed by atoms with E-state index in [0.717, 1.165) is 36.2 Å². The number of hydrogen-bond donors (Lipinski definition) is 0. The minimum atomic E-state index is 0.299. The fourth-order valence-electron chi connectivity index (χ4n) is 3.06. The molecule has 6 nitrogen and oxygen atoms in total. The fourth-order valence-corrected chi connectivity index (χ4v) is 3.06. The van der Waals surface area contributed by atoms with Gasteiger partial charge >= 0.3 is 0 Å². The van der Waals surface area contributed by atoms with Gasteiger partial charge in [0.15, 0.2) is 0 Å². The quantitative estimate of drug-likeness (QED) is 0.861. The molecule has 0 spiro atoms. The lowest BCUT2D eigenvalue weighted by molar-refractivity contribution is 0.121. The van der Waals surface area contributed by atoms with Crippen molar-refractivity contribution in [2.24, 2.45) is 0 Å². The van der Waals surface area contributed by atoms with Crippen molar-refractivity contribution in [3.63, 3.8) is 0 Å². The summed E-state index contributed by atoms with van der Waals surface area (Å²) in [6.07, 6.45) is 5.91. The van der Waals surface area contributed by atoms with Crippen LogP contribution in [-0.4, -0.2) is 26.8 Å². The first kappa shape index (κ1) is 13.0. The van der Waals surface area contributed by atoms with E-state index in [4.69, 9.17) is 8.94 Å². The summed E-state index contributed by atoms with van der Waals surface area (Å²) in [5, 5.41) is 12.6. The van der Waals surface area contributed by atoms with E-state index < -0.39 is 0 Å². The molecule has 2 aromatic rings. The minimum Gasteiger partial charge on any atom is -0.424 e. The molecule has 0 amide bonds. The monoisotopic (exact) mass is 288 g/mol. The van der Waals surface area contributed by atoms with Crippen LogP contribution in [0.5, 0.6) is 0 Å². The van der Waals surface area contributed by atoms with E-state index >= 15 is 0 Å². The second-order valence-electron chi connectivity index (χ2n) is 6.15. The van der Waals surface area contributed by atoms with Crippen molar-refractivity contribution < 1.29 is 8.94 Å². The van der Waals surface area contributed by atoms with Gasteiger partial charge in [0.2, 0.25) is 11.8 Å². The van der Waals surface area contributed by atoms with Crippen molar-refractivity contribution >= 4 is 0 Å². The molecule has 4 rings (SSSR count). The van der Waals surface area contributed by atoms with Crippen LogP contribution in [0.1, 0.15) is 67.3 Å². The first-order valence-electron chi connectivity index (χ1n) is 7.79. The number of rotatable bonds is 4. The Morgan fingerprint density at radius 3 is 2.90 bits per heavy atom. The first-order valence-corrected chi connectivity index (χ1v) is 7.79. The number of nitrogens with zero attached hydrogens (tertiary/aromatic N) is 4. The Bertz CT molecular complexity index is 617. The molecule has 1 unspecified atom stereocenters. The van der Waals surface area contributed by atoms with E-state index in [1.165, 1.54) is 25.7 Å². The predicted molar refractivity (Wildman–Crippen MR) is 74.5 cm³/mol. The van der Waals surface area contributed by atoms with E-state index in [0.29, 0.717) is 18.5 Å². The lowest BCUT2D eigenvalue weighted by Gasteiger charge is -2.33. The summed E-state index contributed by atoms with van der Waals surface area (Å²) in [6.45, 7) is 3.68. The summed E-state index contributed by atoms with van der Waals surface area (Å²) >= 11 is 0. The van der Waals surface area contributed by atoms with Crippen LogP contribution >= 0.6 is 0 Å². The summed E-state index contributed by atoms with van der Waals surface area (Å²) in [5.41, 5.74) is 1.02. The standard InChI is InChI=1S/C15H20N4O2/c1-10-8-12(18-21-10)13-4-2-3-7-19(13)9-14-16-17-15(20-14)11-5-6-11/h8,11,13H,2-7,9H2,1H3. The highest BCUT2D eigenvalue weighted by molar-refractivity contribution is 5.10. The van der Waals surface area contributed by atoms with Gasteiger partial charge in [0, 0.05) is 12.0 Å². The molecule has 1 saturated carbocycles. The van der Waals surface area contributed by atoms with E-state index in [1.54, 1.807) is 0 Å². The third kappa shape index (κ3) is 2.72. The normalized spacial score (nSPS) is 23.6. The molecule has 0 radical (unpaired) electrons. The van der Waals surface area contributed by atoms with Crippen LogP contribution in [0.4, 0.5) is 0 Å². The molecule has 3 heterocycles. The molecular formula is C15H20N4O2. The smallest absolute Gasteiger partial charge is 0.230 e. The fraction of sp³-hybridized carbons (Fsp3) is 0.667. The Balaban J connectivity index is 1.50. The molecule has 1 saturated heterocycles. The van der Waals surface area contributed by atoms with Crippen molar-refractivity contribution in [3.8, 4) is 0 Å². The van der Waals surface area contributed by atoms with Crippen molar-refractivity contribution in [1.82, 2.24) is 20.3 Å². The number of hydrogen-bond acceptors (Lipinski definition) is 6. The average Bonchev–Trinajstić information content (AvgIpc) is 3.09. The molecule has 2 aromatic heterocycles. The minimum absolute atomic E-state index is 0.299. The maximum Gasteiger partial charge on any atom is 0.230 e. The highest BCUT2D eigenvalue weighted by Crippen LogP contribution is 2.39. The Morgan fingerprint density at radius 2 is 2.14 bits per heavy atom. The van der Waals surface area contributed by atoms with Gasteiger partial charge in [0.25, 0.3) is 0 Å². The van der Waals surface area contributed by atoms with E-state index in [1.807, 2.05) is 13.0 Å². The van der Waals surface area contributed by atoms with Crippen LogP contribution < -0.4 is 0 Å². The van der Waals surface area contributed by atoms with Gasteiger partial charge in [-0.25, -0.2) is 0 Å². The molecule has 6 heteroatoms. The van der Waals surface area contributed by atoms with Crippen LogP contribution in [0.3, 0.4) is 0 Å². The van der Waals surface area contributed by atoms with Gasteiger partial charge in [-0.3, -0.25) is 4.90 Å². The van der Waals surface area contributed by atoms with Crippen LogP contribution in [0, 0.1) is 6.92 Å². The van der Waals surface area contributed by atoms with E-state index in [-0.39, 0.29) is 0 Å². The SMILES string of the molecule is Cc1cc(C2CCCCN2Cc2nnc(C3CC3)o2)no1. The van der Waals surface area contributed by atoms with Crippen molar-refractivity contribution in [2.75, 3.05) is 6.54 Å². The van der Waals surface area contributed by atoms with Gasteiger partial charge in [0.05, 0.1) is 12.6 Å². The molecule has 112 valence electrons. The zero-order chi connectivity index (χ0) is 14.2. The van der Waals surface area contributed by atoms with Gasteiger partial charge in [-0.2, -0.15) is 0 Å². The Hall–Kier alpha value is -1.69. The number of aromatic nitrogens is 3. The molecule has 2 fully saturated rings. The maximum atomic E-state index is 5.79. The van der Waals surface area contributed by atoms with Crippen molar-refractivity contribution in [1.29, 1.82) is 0 Å². The molecule has 1 atom stereocenters. The van der Waals surface area contributed by atoms with Crippen LogP contribution in [0.15, 0.2) is 15.0 Å². The number of likely N-dealkylation sites (tertiary alicyclic amines) is 1. The zero-order valence-electron chi connectivity index (χ0n) is 12.3. The van der Waals surface area contributed by atoms with Crippen LogP contribution in [0.25, 0.3) is 0 Å². The Morgan fingerprint density at radius 1 is 1.24 bits per heavy atom. The molecule has 0 N–H and O–H groups in total. The summed E-state index contributed by atoms with van der Waals surface area (Å²) < 4.78 is 11.0. The third-order valence-corrected chi connectivity index (χ3v) is 4.35. The summed E-state index contributed by atoms with van der Waals surface area (Å²) in [7, 11) is 0. The molecule has 21 heavy (non-hydrogen) atoms. The van der Waals surface area contributed by atoms with E-state index in [9.17, 15) is 0 Å². The predicted octanol–water partition coefficient (Wildman–Crippen LogP) is 2.97. The van der Waals surface area contributed by atoms with Crippen molar-refractivity contribution in [2.45, 2.75) is 57.5 Å². The topological polar surface area (TPSA) is 68.2 Å². The van der Waals surface area contributed by atoms with Crippen LogP contribution in [-0.2, 0) is 6.54 Å². The third-order valence-electron chi connectivity index (χ3n) is 4.35. The molecule has 2 aliphatic rings. The highest BCUT2D eigenvalue weighted by atomic mass is 16.5. The molecule has 0 bridgehead atoms. The second-order valence-corrected chi connectivity index (χ2v) is 6.15. The van der Waals surface area contributed by atoms with Gasteiger partial charge in [0.1, 0.15) is 11.5 Å². The summed E-state index contributed by atoms with van der Waals surface area (Å²) in [6, 6.07) is 2.33. The van der Waals surface area contributed by atoms with Crippen molar-refractivity contribution in [3.05, 3.63) is 29.3 Å². The van der Waals surface area contributed by atoms with Crippen LogP contribution in [0.2, 0.25) is 0 Å². The van der Waals surface area contributed by atoms with Gasteiger partial charge in [-0.15, -0.1) is 10.2 Å². The Kier molecular flexibility index (Phi) is 3.25. The van der Waals surface area contributed by atoms with Gasteiger partial charge < -0.3 is 8.94 Å². The summed E-state index contributed by atoms with van der Waals surface area (Å²) in [4.78, 5) is 2.38. The maximum absolute atomic E-state index is 5.79. The average molecular weight is 288 g/mol. The molecular weight excluding hydrogens is 268 g/mol. The second kappa shape index (κ2) is 5.26. The molecule has 1 aliphatic heterocycles. The number of piperidine rings is 1. The highest BCUT2D eigenvalue weighted by Gasteiger charge is 2.31. The number of aryl methyl sites for hydroxylation is 1. The van der Waals surface area contributed by atoms with Gasteiger partial charge in [-0.05, 0) is 39.2 Å². The molecule has 1 aliphatic carbocycles. The molecule has 0 aromatic carbocycles. The van der Waals surface area contributed by atoms with Gasteiger partial charge in [-0.1, -0.05) is 11.6 Å². The largest absolute Gasteiger partial charge is 0.424 e.